The lowest BCUT2D eigenvalue weighted by Crippen LogP contribution is -2.49. The maximum atomic E-state index is 13.8. The molecule has 2 atom stereocenters. The number of aromatic nitrogens is 1. The lowest BCUT2D eigenvalue weighted by atomic mass is 9.87. The molecule has 0 fully saturated rings. The second kappa shape index (κ2) is 7.50. The molecule has 0 radical (unpaired) electrons. The van der Waals surface area contributed by atoms with Crippen molar-refractivity contribution in [3.63, 3.8) is 0 Å². The fourth-order valence-corrected chi connectivity index (χ4v) is 3.47. The summed E-state index contributed by atoms with van der Waals surface area (Å²) in [5.74, 6) is -0.289. The van der Waals surface area contributed by atoms with Crippen molar-refractivity contribution in [2.75, 3.05) is 11.4 Å². The normalized spacial score (nSPS) is 18.0. The molecule has 2 heterocycles. The van der Waals surface area contributed by atoms with Gasteiger partial charge in [-0.15, -0.1) is 0 Å². The number of halogens is 4. The minimum absolute atomic E-state index is 0.289. The van der Waals surface area contributed by atoms with Crippen molar-refractivity contribution in [3.05, 3.63) is 59.4 Å². The van der Waals surface area contributed by atoms with Gasteiger partial charge in [0, 0.05) is 30.2 Å². The molecule has 1 aliphatic rings. The SMILES string of the molecule is C[C@@H](F)C(O)(c1ccc2c(c1)CCCCN2C(=O)c1ccncc1)C(F)(F)F. The van der Waals surface area contributed by atoms with Crippen LogP contribution in [0.2, 0.25) is 0 Å². The number of carbonyl (C=O) groups excluding carboxylic acids is 1. The molecule has 1 aromatic carbocycles. The standard InChI is InChI=1S/C20H20F4N2O2/c1-13(21)19(28,20(22,23)24)16-5-6-17-15(12-16)4-2-3-11-26(17)18(27)14-7-9-25-10-8-14/h5-10,12-13,28H,2-4,11H2,1H3/t13-,19?/m1/s1. The van der Waals surface area contributed by atoms with E-state index in [1.54, 1.807) is 12.1 Å². The molecule has 0 spiro atoms. The summed E-state index contributed by atoms with van der Waals surface area (Å²) in [5, 5.41) is 10.1. The lowest BCUT2D eigenvalue weighted by molar-refractivity contribution is -0.285. The number of nitrogens with zero attached hydrogens (tertiary/aromatic N) is 2. The van der Waals surface area contributed by atoms with Crippen LogP contribution in [0.5, 0.6) is 0 Å². The van der Waals surface area contributed by atoms with Gasteiger partial charge in [0.2, 0.25) is 5.60 Å². The first-order valence-corrected chi connectivity index (χ1v) is 8.94. The first-order chi connectivity index (χ1) is 13.2. The van der Waals surface area contributed by atoms with E-state index < -0.39 is 23.5 Å². The van der Waals surface area contributed by atoms with E-state index in [1.165, 1.54) is 23.4 Å². The number of aliphatic hydroxyl groups is 1. The number of rotatable bonds is 3. The fourth-order valence-electron chi connectivity index (χ4n) is 3.47. The Bertz CT molecular complexity index is 855. The summed E-state index contributed by atoms with van der Waals surface area (Å²) < 4.78 is 54.1. The summed E-state index contributed by atoms with van der Waals surface area (Å²) >= 11 is 0. The zero-order valence-corrected chi connectivity index (χ0v) is 15.2. The van der Waals surface area contributed by atoms with E-state index in [0.29, 0.717) is 49.5 Å². The van der Waals surface area contributed by atoms with E-state index in [1.807, 2.05) is 0 Å². The molecule has 1 unspecified atom stereocenters. The van der Waals surface area contributed by atoms with E-state index in [4.69, 9.17) is 0 Å². The number of pyridine rings is 1. The number of benzene rings is 1. The van der Waals surface area contributed by atoms with Gasteiger partial charge in [0.15, 0.2) is 0 Å². The molecule has 1 N–H and O–H groups in total. The fraction of sp³-hybridized carbons (Fsp3) is 0.400. The zero-order valence-electron chi connectivity index (χ0n) is 15.2. The highest BCUT2D eigenvalue weighted by Gasteiger charge is 2.59. The van der Waals surface area contributed by atoms with Gasteiger partial charge in [-0.2, -0.15) is 13.2 Å². The molecule has 0 saturated heterocycles. The Hall–Kier alpha value is -2.48. The molecule has 1 aromatic heterocycles. The Kier molecular flexibility index (Phi) is 5.43. The van der Waals surface area contributed by atoms with E-state index in [2.05, 4.69) is 4.98 Å². The van der Waals surface area contributed by atoms with Crippen LogP contribution in [0, 0.1) is 0 Å². The summed E-state index contributed by atoms with van der Waals surface area (Å²) in [6.07, 6.45) is -2.99. The number of carbonyl (C=O) groups is 1. The first kappa shape index (κ1) is 20.3. The number of hydrogen-bond acceptors (Lipinski definition) is 3. The third-order valence-corrected chi connectivity index (χ3v) is 5.07. The van der Waals surface area contributed by atoms with Crippen molar-refractivity contribution in [1.29, 1.82) is 0 Å². The molecular formula is C20H20F4N2O2. The molecule has 0 aliphatic carbocycles. The van der Waals surface area contributed by atoms with Gasteiger partial charge in [-0.05, 0) is 55.5 Å². The van der Waals surface area contributed by atoms with Crippen molar-refractivity contribution >= 4 is 11.6 Å². The second-order valence-corrected chi connectivity index (χ2v) is 6.87. The van der Waals surface area contributed by atoms with E-state index in [-0.39, 0.29) is 5.91 Å². The van der Waals surface area contributed by atoms with Crippen molar-refractivity contribution in [3.8, 4) is 0 Å². The van der Waals surface area contributed by atoms with Gasteiger partial charge in [-0.25, -0.2) is 4.39 Å². The van der Waals surface area contributed by atoms with Crippen LogP contribution in [0.3, 0.4) is 0 Å². The Labute approximate surface area is 159 Å². The third kappa shape index (κ3) is 3.48. The molecule has 1 aliphatic heterocycles. The van der Waals surface area contributed by atoms with Crippen LogP contribution in [0.4, 0.5) is 23.2 Å². The Balaban J connectivity index is 2.05. The number of anilines is 1. The van der Waals surface area contributed by atoms with Crippen molar-refractivity contribution in [2.24, 2.45) is 0 Å². The molecule has 1 amide bonds. The van der Waals surface area contributed by atoms with Crippen LogP contribution < -0.4 is 4.90 Å². The van der Waals surface area contributed by atoms with Gasteiger partial charge in [0.25, 0.3) is 5.91 Å². The number of hydrogen-bond donors (Lipinski definition) is 1. The van der Waals surface area contributed by atoms with Gasteiger partial charge in [-0.1, -0.05) is 12.1 Å². The molecular weight excluding hydrogens is 376 g/mol. The first-order valence-electron chi connectivity index (χ1n) is 8.94. The second-order valence-electron chi connectivity index (χ2n) is 6.87. The molecule has 0 saturated carbocycles. The zero-order chi connectivity index (χ0) is 20.5. The average molecular weight is 396 g/mol. The summed E-state index contributed by atoms with van der Waals surface area (Å²) in [5.41, 5.74) is -2.81. The minimum atomic E-state index is -5.17. The molecule has 2 aromatic rings. The summed E-state index contributed by atoms with van der Waals surface area (Å²) in [4.78, 5) is 18.3. The highest BCUT2D eigenvalue weighted by Crippen LogP contribution is 2.44. The molecule has 150 valence electrons. The average Bonchev–Trinajstić information content (AvgIpc) is 2.88. The van der Waals surface area contributed by atoms with Crippen LogP contribution >= 0.6 is 0 Å². The number of amides is 1. The topological polar surface area (TPSA) is 53.4 Å². The van der Waals surface area contributed by atoms with E-state index >= 15 is 0 Å². The highest BCUT2D eigenvalue weighted by molar-refractivity contribution is 6.06. The number of fused-ring (bicyclic) bond motifs is 1. The van der Waals surface area contributed by atoms with Gasteiger partial charge < -0.3 is 10.0 Å². The number of alkyl halides is 4. The molecule has 0 bridgehead atoms. The summed E-state index contributed by atoms with van der Waals surface area (Å²) in [6, 6.07) is 6.69. The molecule has 4 nitrogen and oxygen atoms in total. The minimum Gasteiger partial charge on any atom is -0.374 e. The Morgan fingerprint density at radius 2 is 1.86 bits per heavy atom. The van der Waals surface area contributed by atoms with Crippen molar-refractivity contribution < 1.29 is 27.5 Å². The lowest BCUT2D eigenvalue weighted by Gasteiger charge is -2.33. The predicted molar refractivity (Wildman–Crippen MR) is 95.8 cm³/mol. The van der Waals surface area contributed by atoms with Gasteiger partial charge in [0.1, 0.15) is 6.17 Å². The maximum absolute atomic E-state index is 13.8. The monoisotopic (exact) mass is 396 g/mol. The van der Waals surface area contributed by atoms with Crippen LogP contribution in [-0.4, -0.2) is 34.9 Å². The van der Waals surface area contributed by atoms with Crippen molar-refractivity contribution in [2.45, 2.75) is 44.1 Å². The molecule has 28 heavy (non-hydrogen) atoms. The summed E-state index contributed by atoms with van der Waals surface area (Å²) in [7, 11) is 0. The van der Waals surface area contributed by atoms with Crippen LogP contribution in [-0.2, 0) is 12.0 Å². The highest BCUT2D eigenvalue weighted by atomic mass is 19.4. The molecule has 3 rings (SSSR count). The van der Waals surface area contributed by atoms with Gasteiger partial charge >= 0.3 is 6.18 Å². The smallest absolute Gasteiger partial charge is 0.374 e. The Morgan fingerprint density at radius 3 is 2.46 bits per heavy atom. The maximum Gasteiger partial charge on any atom is 0.424 e. The van der Waals surface area contributed by atoms with Crippen LogP contribution in [0.15, 0.2) is 42.7 Å². The van der Waals surface area contributed by atoms with E-state index in [0.717, 1.165) is 12.1 Å². The van der Waals surface area contributed by atoms with Crippen LogP contribution in [0.25, 0.3) is 0 Å². The Morgan fingerprint density at radius 1 is 1.18 bits per heavy atom. The largest absolute Gasteiger partial charge is 0.424 e. The summed E-state index contributed by atoms with van der Waals surface area (Å²) in [6.45, 7) is 1.09. The van der Waals surface area contributed by atoms with Gasteiger partial charge in [-0.3, -0.25) is 9.78 Å². The van der Waals surface area contributed by atoms with Crippen molar-refractivity contribution in [1.82, 2.24) is 4.98 Å². The predicted octanol–water partition coefficient (Wildman–Crippen LogP) is 4.17. The quantitative estimate of drug-likeness (QED) is 0.793. The van der Waals surface area contributed by atoms with E-state index in [9.17, 15) is 27.5 Å². The number of aryl methyl sites for hydroxylation is 1. The van der Waals surface area contributed by atoms with Gasteiger partial charge in [0.05, 0.1) is 0 Å². The van der Waals surface area contributed by atoms with Crippen LogP contribution in [0.1, 0.15) is 41.3 Å². The third-order valence-electron chi connectivity index (χ3n) is 5.07. The molecule has 8 heteroatoms.